The zero-order valence-electron chi connectivity index (χ0n) is 9.91. The predicted molar refractivity (Wildman–Crippen MR) is 74.1 cm³/mol. The molecule has 0 spiro atoms. The molecule has 1 aromatic rings. The van der Waals surface area contributed by atoms with Crippen molar-refractivity contribution < 1.29 is 4.79 Å². The molecule has 94 valence electrons. The Labute approximate surface area is 114 Å². The van der Waals surface area contributed by atoms with Gasteiger partial charge in [0.1, 0.15) is 0 Å². The molecular weight excluding hydrogens is 300 g/mol. The summed E-state index contributed by atoms with van der Waals surface area (Å²) < 4.78 is 1.16. The van der Waals surface area contributed by atoms with Crippen LogP contribution in [0.4, 0.5) is 0 Å². The van der Waals surface area contributed by atoms with Crippen molar-refractivity contribution in [2.75, 3.05) is 13.1 Å². The van der Waals surface area contributed by atoms with Crippen LogP contribution in [-0.2, 0) is 11.3 Å². The fraction of sp³-hybridized carbons (Fsp3) is 0.583. The Morgan fingerprint density at radius 2 is 2.53 bits per heavy atom. The lowest BCUT2D eigenvalue weighted by molar-refractivity contribution is -0.120. The van der Waals surface area contributed by atoms with E-state index in [4.69, 9.17) is 0 Å². The molecule has 1 saturated heterocycles. The number of thiophene rings is 1. The van der Waals surface area contributed by atoms with Gasteiger partial charge in [-0.1, -0.05) is 0 Å². The summed E-state index contributed by atoms with van der Waals surface area (Å²) in [5.41, 5.74) is 0. The van der Waals surface area contributed by atoms with E-state index >= 15 is 0 Å². The summed E-state index contributed by atoms with van der Waals surface area (Å²) in [4.78, 5) is 14.8. The van der Waals surface area contributed by atoms with E-state index in [1.807, 2.05) is 0 Å². The van der Waals surface area contributed by atoms with Crippen LogP contribution in [0.3, 0.4) is 0 Å². The number of halogens is 1. The topological polar surface area (TPSA) is 32.3 Å². The van der Waals surface area contributed by atoms with Crippen LogP contribution in [0.1, 0.15) is 24.6 Å². The van der Waals surface area contributed by atoms with Crippen molar-refractivity contribution in [3.8, 4) is 0 Å². The van der Waals surface area contributed by atoms with Crippen molar-refractivity contribution in [2.24, 2.45) is 0 Å². The number of amides is 1. The monoisotopic (exact) mass is 316 g/mol. The predicted octanol–water partition coefficient (Wildman–Crippen LogP) is 2.61. The third-order valence-electron chi connectivity index (χ3n) is 2.91. The van der Waals surface area contributed by atoms with Crippen LogP contribution in [0, 0.1) is 0 Å². The number of nitrogens with one attached hydrogen (secondary N) is 1. The molecule has 1 amide bonds. The Morgan fingerprint density at radius 3 is 3.18 bits per heavy atom. The average Bonchev–Trinajstić information content (AvgIpc) is 2.63. The first-order valence-electron chi connectivity index (χ1n) is 5.86. The number of carbonyl (C=O) groups is 1. The van der Waals surface area contributed by atoms with Crippen molar-refractivity contribution in [1.29, 1.82) is 0 Å². The molecule has 5 heteroatoms. The molecule has 0 saturated carbocycles. The number of likely N-dealkylation sites (tertiary alicyclic amines) is 1. The lowest BCUT2D eigenvalue weighted by Crippen LogP contribution is -2.46. The van der Waals surface area contributed by atoms with Crippen LogP contribution in [0.2, 0.25) is 0 Å². The van der Waals surface area contributed by atoms with Gasteiger partial charge in [0.05, 0.1) is 0 Å². The highest BCUT2D eigenvalue weighted by molar-refractivity contribution is 9.10. The highest BCUT2D eigenvalue weighted by atomic mass is 79.9. The Hall–Kier alpha value is -0.390. The molecule has 1 fully saturated rings. The first kappa shape index (κ1) is 13.1. The van der Waals surface area contributed by atoms with Crippen LogP contribution >= 0.6 is 27.3 Å². The zero-order valence-corrected chi connectivity index (χ0v) is 12.3. The summed E-state index contributed by atoms with van der Waals surface area (Å²) in [5, 5.41) is 5.13. The maximum atomic E-state index is 11.0. The number of piperidine rings is 1. The van der Waals surface area contributed by atoms with Crippen molar-refractivity contribution in [3.05, 3.63) is 20.8 Å². The van der Waals surface area contributed by atoms with E-state index in [1.54, 1.807) is 18.3 Å². The van der Waals surface area contributed by atoms with Gasteiger partial charge in [-0.15, -0.1) is 11.3 Å². The van der Waals surface area contributed by atoms with Gasteiger partial charge in [0.15, 0.2) is 0 Å². The second-order valence-electron chi connectivity index (χ2n) is 4.51. The molecule has 0 unspecified atom stereocenters. The minimum atomic E-state index is 0.0794. The Morgan fingerprint density at radius 1 is 1.71 bits per heavy atom. The fourth-order valence-electron chi connectivity index (χ4n) is 2.26. The third kappa shape index (κ3) is 4.08. The second kappa shape index (κ2) is 5.98. The van der Waals surface area contributed by atoms with Gasteiger partial charge in [-0.3, -0.25) is 9.69 Å². The molecule has 0 bridgehead atoms. The summed E-state index contributed by atoms with van der Waals surface area (Å²) in [6.07, 6.45) is 2.27. The number of hydrogen-bond donors (Lipinski definition) is 1. The lowest BCUT2D eigenvalue weighted by atomic mass is 10.1. The number of hydrogen-bond acceptors (Lipinski definition) is 3. The highest BCUT2D eigenvalue weighted by Gasteiger charge is 2.20. The SMILES string of the molecule is CC(=O)N[C@@H]1CCCN(Cc2cc(Br)cs2)C1. The first-order valence-corrected chi connectivity index (χ1v) is 7.53. The molecule has 1 aromatic heterocycles. The standard InChI is InChI=1S/C12H17BrN2OS/c1-9(16)14-11-3-2-4-15(6-11)7-12-5-10(13)8-17-12/h5,8,11H,2-4,6-7H2,1H3,(H,14,16)/t11-/m1/s1. The second-order valence-corrected chi connectivity index (χ2v) is 6.42. The summed E-state index contributed by atoms with van der Waals surface area (Å²) in [6, 6.07) is 2.50. The van der Waals surface area contributed by atoms with E-state index < -0.39 is 0 Å². The van der Waals surface area contributed by atoms with Crippen molar-refractivity contribution >= 4 is 33.2 Å². The zero-order chi connectivity index (χ0) is 12.3. The highest BCUT2D eigenvalue weighted by Crippen LogP contribution is 2.22. The summed E-state index contributed by atoms with van der Waals surface area (Å²) in [6.45, 7) is 4.68. The van der Waals surface area contributed by atoms with Gasteiger partial charge in [-0.25, -0.2) is 0 Å². The Kier molecular flexibility index (Phi) is 4.59. The van der Waals surface area contributed by atoms with Crippen LogP contribution in [-0.4, -0.2) is 29.9 Å². The summed E-state index contributed by atoms with van der Waals surface area (Å²) in [5.74, 6) is 0.0794. The number of rotatable bonds is 3. The molecule has 1 aliphatic rings. The van der Waals surface area contributed by atoms with Crippen molar-refractivity contribution in [3.63, 3.8) is 0 Å². The van der Waals surface area contributed by atoms with E-state index in [1.165, 1.54) is 4.88 Å². The van der Waals surface area contributed by atoms with Crippen LogP contribution < -0.4 is 5.32 Å². The quantitative estimate of drug-likeness (QED) is 0.929. The van der Waals surface area contributed by atoms with Gasteiger partial charge >= 0.3 is 0 Å². The van der Waals surface area contributed by atoms with E-state index in [2.05, 4.69) is 37.6 Å². The van der Waals surface area contributed by atoms with Crippen molar-refractivity contribution in [1.82, 2.24) is 10.2 Å². The number of nitrogens with zero attached hydrogens (tertiary/aromatic N) is 1. The Bertz CT molecular complexity index is 394. The van der Waals surface area contributed by atoms with E-state index in [-0.39, 0.29) is 5.91 Å². The van der Waals surface area contributed by atoms with Gasteiger partial charge in [-0.05, 0) is 41.4 Å². The van der Waals surface area contributed by atoms with E-state index in [9.17, 15) is 4.79 Å². The summed E-state index contributed by atoms with van der Waals surface area (Å²) in [7, 11) is 0. The maximum absolute atomic E-state index is 11.0. The molecule has 3 nitrogen and oxygen atoms in total. The molecule has 17 heavy (non-hydrogen) atoms. The van der Waals surface area contributed by atoms with Gasteiger partial charge in [0.2, 0.25) is 5.91 Å². The van der Waals surface area contributed by atoms with Gasteiger partial charge in [-0.2, -0.15) is 0 Å². The van der Waals surface area contributed by atoms with Gasteiger partial charge in [0, 0.05) is 40.8 Å². The average molecular weight is 317 g/mol. The molecule has 0 aromatic carbocycles. The minimum Gasteiger partial charge on any atom is -0.352 e. The van der Waals surface area contributed by atoms with Gasteiger partial charge in [0.25, 0.3) is 0 Å². The third-order valence-corrected chi connectivity index (χ3v) is 4.60. The first-order chi connectivity index (χ1) is 8.13. The van der Waals surface area contributed by atoms with Crippen LogP contribution in [0.15, 0.2) is 15.9 Å². The molecule has 1 aliphatic heterocycles. The maximum Gasteiger partial charge on any atom is 0.217 e. The molecular formula is C12H17BrN2OS. The smallest absolute Gasteiger partial charge is 0.217 e. The number of carbonyl (C=O) groups excluding carboxylic acids is 1. The summed E-state index contributed by atoms with van der Waals surface area (Å²) >= 11 is 5.26. The molecule has 1 atom stereocenters. The largest absolute Gasteiger partial charge is 0.352 e. The lowest BCUT2D eigenvalue weighted by Gasteiger charge is -2.32. The molecule has 2 heterocycles. The van der Waals surface area contributed by atoms with Crippen molar-refractivity contribution in [2.45, 2.75) is 32.4 Å². The van der Waals surface area contributed by atoms with Gasteiger partial charge < -0.3 is 5.32 Å². The molecule has 2 rings (SSSR count). The molecule has 0 aliphatic carbocycles. The van der Waals surface area contributed by atoms with E-state index in [0.29, 0.717) is 6.04 Å². The molecule has 0 radical (unpaired) electrons. The molecule has 1 N–H and O–H groups in total. The minimum absolute atomic E-state index is 0.0794. The fourth-order valence-corrected chi connectivity index (χ4v) is 3.75. The normalized spacial score (nSPS) is 21.4. The van der Waals surface area contributed by atoms with E-state index in [0.717, 1.165) is 36.9 Å². The Balaban J connectivity index is 1.87. The van der Waals surface area contributed by atoms with Crippen LogP contribution in [0.25, 0.3) is 0 Å². The van der Waals surface area contributed by atoms with Crippen LogP contribution in [0.5, 0.6) is 0 Å².